The van der Waals surface area contributed by atoms with Crippen LogP contribution in [-0.4, -0.2) is 57.6 Å². The minimum atomic E-state index is -2.14. The van der Waals surface area contributed by atoms with Crippen LogP contribution in [0.15, 0.2) is 18.2 Å². The normalized spacial score (nSPS) is 18.6. The molecule has 0 bridgehead atoms. The molecule has 204 valence electrons. The summed E-state index contributed by atoms with van der Waals surface area (Å²) in [6.45, 7) is 24.9. The van der Waals surface area contributed by atoms with Gasteiger partial charge in [0.15, 0.2) is 8.32 Å². The highest BCUT2D eigenvalue weighted by molar-refractivity contribution is 6.74. The zero-order valence-electron chi connectivity index (χ0n) is 24.1. The zero-order chi connectivity index (χ0) is 27.7. The summed E-state index contributed by atoms with van der Waals surface area (Å²) in [6, 6.07) is 5.45. The molecular formula is C26H45BClNO6Si. The van der Waals surface area contributed by atoms with Crippen molar-refractivity contribution in [3.05, 3.63) is 23.2 Å². The number of hydrogen-bond acceptors (Lipinski definition) is 6. The molecule has 1 fully saturated rings. The van der Waals surface area contributed by atoms with E-state index in [1.165, 1.54) is 0 Å². The van der Waals surface area contributed by atoms with E-state index in [1.807, 2.05) is 60.6 Å². The molecule has 1 aliphatic heterocycles. The lowest BCUT2D eigenvalue weighted by Crippen LogP contribution is -2.49. The third-order valence-electron chi connectivity index (χ3n) is 7.00. The first-order chi connectivity index (χ1) is 16.1. The van der Waals surface area contributed by atoms with Gasteiger partial charge >= 0.3 is 13.2 Å². The first-order valence-corrected chi connectivity index (χ1v) is 15.8. The van der Waals surface area contributed by atoms with Crippen molar-refractivity contribution >= 4 is 38.6 Å². The number of hydrogen-bond donors (Lipinski definition) is 1. The smallest absolute Gasteiger partial charge is 0.491 e. The van der Waals surface area contributed by atoms with Crippen molar-refractivity contribution in [1.82, 2.24) is 5.32 Å². The van der Waals surface area contributed by atoms with Gasteiger partial charge < -0.3 is 28.5 Å². The van der Waals surface area contributed by atoms with Gasteiger partial charge in [-0.15, -0.1) is 0 Å². The molecule has 0 aromatic heterocycles. The number of alkyl carbamates (subject to hydrolysis) is 1. The van der Waals surface area contributed by atoms with Crippen molar-refractivity contribution in [2.24, 2.45) is 0 Å². The monoisotopic (exact) mass is 541 g/mol. The third-order valence-corrected chi connectivity index (χ3v) is 11.7. The fourth-order valence-electron chi connectivity index (χ4n) is 3.21. The highest BCUT2D eigenvalue weighted by Crippen LogP contribution is 2.38. The van der Waals surface area contributed by atoms with E-state index in [-0.39, 0.29) is 24.3 Å². The molecule has 0 spiro atoms. The Bertz CT molecular complexity index is 910. The van der Waals surface area contributed by atoms with Crippen molar-refractivity contribution in [3.8, 4) is 5.75 Å². The molecule has 7 nitrogen and oxygen atoms in total. The van der Waals surface area contributed by atoms with Crippen molar-refractivity contribution in [2.45, 2.75) is 110 Å². The maximum atomic E-state index is 12.3. The maximum absolute atomic E-state index is 12.3. The summed E-state index contributed by atoms with van der Waals surface area (Å²) in [5.74, 6) is 0.577. The molecule has 10 heteroatoms. The summed E-state index contributed by atoms with van der Waals surface area (Å²) >= 11 is 6.43. The summed E-state index contributed by atoms with van der Waals surface area (Å²) < 4.78 is 30.5. The van der Waals surface area contributed by atoms with Crippen molar-refractivity contribution < 1.29 is 28.0 Å². The number of benzene rings is 1. The Balaban J connectivity index is 2.17. The summed E-state index contributed by atoms with van der Waals surface area (Å²) in [6.07, 6.45) is -0.866. The van der Waals surface area contributed by atoms with Crippen LogP contribution < -0.4 is 15.5 Å². The van der Waals surface area contributed by atoms with Crippen LogP contribution in [0.5, 0.6) is 5.75 Å². The van der Waals surface area contributed by atoms with Crippen molar-refractivity contribution in [2.75, 3.05) is 13.2 Å². The lowest BCUT2D eigenvalue weighted by molar-refractivity contribution is 0.00578. The summed E-state index contributed by atoms with van der Waals surface area (Å²) in [7, 11) is -2.69. The average Bonchev–Trinajstić information content (AvgIpc) is 2.88. The van der Waals surface area contributed by atoms with Crippen LogP contribution in [0.2, 0.25) is 23.2 Å². The van der Waals surface area contributed by atoms with Gasteiger partial charge in [0.05, 0.1) is 17.3 Å². The second kappa shape index (κ2) is 10.8. The third kappa shape index (κ3) is 8.38. The molecule has 1 aromatic rings. The van der Waals surface area contributed by atoms with Gasteiger partial charge in [0.2, 0.25) is 0 Å². The quantitative estimate of drug-likeness (QED) is 0.411. The Labute approximate surface area is 224 Å². The molecule has 0 radical (unpaired) electrons. The number of halogens is 1. The molecule has 1 atom stereocenters. The van der Waals surface area contributed by atoms with Crippen LogP contribution in [0.1, 0.15) is 69.2 Å². The van der Waals surface area contributed by atoms with Gasteiger partial charge in [-0.25, -0.2) is 4.79 Å². The first kappa shape index (κ1) is 31.0. The van der Waals surface area contributed by atoms with Gasteiger partial charge in [-0.3, -0.25) is 0 Å². The first-order valence-electron chi connectivity index (χ1n) is 12.6. The second-order valence-electron chi connectivity index (χ2n) is 13.0. The van der Waals surface area contributed by atoms with E-state index in [2.05, 4.69) is 39.2 Å². The fourth-order valence-corrected chi connectivity index (χ4v) is 4.78. The number of carbonyl (C=O) groups is 1. The van der Waals surface area contributed by atoms with Gasteiger partial charge in [-0.05, 0) is 90.3 Å². The molecule has 2 rings (SSSR count). The van der Waals surface area contributed by atoms with Crippen LogP contribution >= 0.6 is 11.6 Å². The van der Waals surface area contributed by atoms with Gasteiger partial charge in [0.25, 0.3) is 0 Å². The molecule has 1 heterocycles. The van der Waals surface area contributed by atoms with Crippen LogP contribution in [0.25, 0.3) is 0 Å². The van der Waals surface area contributed by atoms with Crippen LogP contribution in [-0.2, 0) is 18.5 Å². The highest BCUT2D eigenvalue weighted by atomic mass is 35.5. The summed E-state index contributed by atoms with van der Waals surface area (Å²) in [5, 5.41) is 3.34. The Kier molecular flexibility index (Phi) is 9.33. The summed E-state index contributed by atoms with van der Waals surface area (Å²) in [4.78, 5) is 12.3. The Hall–Kier alpha value is -1.26. The minimum Gasteiger partial charge on any atom is -0.491 e. The topological polar surface area (TPSA) is 75.3 Å². The average molecular weight is 542 g/mol. The molecule has 1 saturated heterocycles. The van der Waals surface area contributed by atoms with Gasteiger partial charge in [-0.2, -0.15) is 0 Å². The van der Waals surface area contributed by atoms with E-state index in [0.29, 0.717) is 10.8 Å². The maximum Gasteiger partial charge on any atom is 0.495 e. The van der Waals surface area contributed by atoms with Crippen LogP contribution in [0, 0.1) is 0 Å². The van der Waals surface area contributed by atoms with Crippen LogP contribution in [0.4, 0.5) is 4.79 Å². The molecule has 1 aromatic carbocycles. The molecule has 1 aliphatic rings. The van der Waals surface area contributed by atoms with E-state index >= 15 is 0 Å². The van der Waals surface area contributed by atoms with Crippen molar-refractivity contribution in [1.29, 1.82) is 0 Å². The molecule has 0 saturated carbocycles. The predicted molar refractivity (Wildman–Crippen MR) is 149 cm³/mol. The van der Waals surface area contributed by atoms with Crippen LogP contribution in [0.3, 0.4) is 0 Å². The molecule has 1 unspecified atom stereocenters. The SMILES string of the molecule is CC(C)(C)OC(=O)NCC(COc1cc(Cl)cc(B2OC(C)(C)C(C)(C)O2)c1)O[Si](C)(C)C(C)(C)C. The van der Waals surface area contributed by atoms with E-state index in [1.54, 1.807) is 6.07 Å². The Morgan fingerprint density at radius 2 is 1.61 bits per heavy atom. The fraction of sp³-hybridized carbons (Fsp3) is 0.731. The van der Waals surface area contributed by atoms with E-state index in [0.717, 1.165) is 5.46 Å². The van der Waals surface area contributed by atoms with E-state index < -0.39 is 38.3 Å². The Morgan fingerprint density at radius 1 is 1.06 bits per heavy atom. The lowest BCUT2D eigenvalue weighted by Gasteiger charge is -2.39. The minimum absolute atomic E-state index is 0.00283. The molecule has 36 heavy (non-hydrogen) atoms. The standard InChI is InChI=1S/C26H45BClNO6Si/c1-23(2,3)32-22(30)29-16-21(33-36(11,12)24(4,5)6)17-31-20-14-18(13-19(28)15-20)27-34-25(7,8)26(9,10)35-27/h13-15,21H,16-17H2,1-12H3,(H,29,30). The van der Waals surface area contributed by atoms with Gasteiger partial charge in [0.1, 0.15) is 18.0 Å². The molecular weight excluding hydrogens is 497 g/mol. The lowest BCUT2D eigenvalue weighted by atomic mass is 9.79. The number of amides is 1. The number of nitrogens with one attached hydrogen (secondary N) is 1. The van der Waals surface area contributed by atoms with Crippen molar-refractivity contribution in [3.63, 3.8) is 0 Å². The molecule has 1 amide bonds. The van der Waals surface area contributed by atoms with Gasteiger partial charge in [-0.1, -0.05) is 32.4 Å². The van der Waals surface area contributed by atoms with E-state index in [9.17, 15) is 4.79 Å². The number of carbonyl (C=O) groups excluding carboxylic acids is 1. The zero-order valence-corrected chi connectivity index (χ0v) is 25.9. The van der Waals surface area contributed by atoms with E-state index in [4.69, 9.17) is 34.8 Å². The molecule has 0 aliphatic carbocycles. The number of ether oxygens (including phenoxy) is 2. The molecule has 1 N–H and O–H groups in total. The number of rotatable bonds is 8. The van der Waals surface area contributed by atoms with Gasteiger partial charge in [0, 0.05) is 11.6 Å². The largest absolute Gasteiger partial charge is 0.495 e. The predicted octanol–water partition coefficient (Wildman–Crippen LogP) is 5.93. The highest BCUT2D eigenvalue weighted by Gasteiger charge is 2.51. The Morgan fingerprint density at radius 3 is 2.11 bits per heavy atom. The summed E-state index contributed by atoms with van der Waals surface area (Å²) in [5.41, 5.74) is -0.724. The second-order valence-corrected chi connectivity index (χ2v) is 18.2.